The summed E-state index contributed by atoms with van der Waals surface area (Å²) in [6, 6.07) is 19.8. The molecule has 2 aromatic carbocycles. The maximum absolute atomic E-state index is 13.1. The van der Waals surface area contributed by atoms with Gasteiger partial charge in [-0.1, -0.05) is 84.4 Å². The zero-order valence-electron chi connectivity index (χ0n) is 16.1. The van der Waals surface area contributed by atoms with Gasteiger partial charge in [-0.05, 0) is 17.5 Å². The molecule has 0 aliphatic rings. The van der Waals surface area contributed by atoms with Crippen molar-refractivity contribution in [3.05, 3.63) is 99.4 Å². The van der Waals surface area contributed by atoms with Crippen molar-refractivity contribution in [3.8, 4) is 0 Å². The van der Waals surface area contributed by atoms with Crippen LogP contribution in [0.25, 0.3) is 6.08 Å². The maximum Gasteiger partial charge on any atom is 0.292 e. The van der Waals surface area contributed by atoms with Gasteiger partial charge in [0.25, 0.3) is 5.56 Å². The third-order valence-corrected chi connectivity index (χ3v) is 4.76. The van der Waals surface area contributed by atoms with Gasteiger partial charge in [-0.2, -0.15) is 5.10 Å². The van der Waals surface area contributed by atoms with Crippen molar-refractivity contribution in [1.82, 2.24) is 9.78 Å². The lowest BCUT2D eigenvalue weighted by atomic mass is 10.2. The summed E-state index contributed by atoms with van der Waals surface area (Å²) in [5.41, 5.74) is 2.28. The van der Waals surface area contributed by atoms with Crippen LogP contribution in [0.15, 0.2) is 77.7 Å². The topological polar surface area (TPSA) is 58.4 Å². The van der Waals surface area contributed by atoms with E-state index >= 15 is 0 Å². The quantitative estimate of drug-likeness (QED) is 0.580. The number of halogens is 1. The second-order valence-corrected chi connectivity index (χ2v) is 7.03. The molecule has 29 heavy (non-hydrogen) atoms. The van der Waals surface area contributed by atoms with Crippen LogP contribution >= 0.6 is 11.6 Å². The third-order valence-electron chi connectivity index (χ3n) is 4.48. The molecule has 0 amide bonds. The number of rotatable bonds is 9. The average molecular weight is 410 g/mol. The lowest BCUT2D eigenvalue weighted by Crippen LogP contribution is -2.34. The van der Waals surface area contributed by atoms with E-state index in [4.69, 9.17) is 11.6 Å². The molecule has 0 saturated heterocycles. The van der Waals surface area contributed by atoms with Gasteiger partial charge in [0.05, 0.1) is 17.8 Å². The molecule has 0 fully saturated rings. The van der Waals surface area contributed by atoms with Crippen molar-refractivity contribution in [2.75, 3.05) is 18.1 Å². The van der Waals surface area contributed by atoms with Crippen molar-refractivity contribution < 1.29 is 5.11 Å². The third kappa shape index (κ3) is 5.79. The molecule has 0 saturated carbocycles. The summed E-state index contributed by atoms with van der Waals surface area (Å²) < 4.78 is 1.40. The fraction of sp³-hybridized carbons (Fsp3) is 0.217. The van der Waals surface area contributed by atoms with Gasteiger partial charge in [0.15, 0.2) is 0 Å². The number of anilines is 1. The summed E-state index contributed by atoms with van der Waals surface area (Å²) in [6.07, 6.45) is 5.90. The summed E-state index contributed by atoms with van der Waals surface area (Å²) in [5, 5.41) is 13.8. The van der Waals surface area contributed by atoms with E-state index < -0.39 is 0 Å². The first kappa shape index (κ1) is 20.8. The normalized spacial score (nSPS) is 11.1. The smallest absolute Gasteiger partial charge is 0.292 e. The molecule has 1 N–H and O–H groups in total. The van der Waals surface area contributed by atoms with Gasteiger partial charge in [0.1, 0.15) is 5.69 Å². The minimum atomic E-state index is -0.246. The number of hydrogen-bond acceptors (Lipinski definition) is 4. The molecule has 3 rings (SSSR count). The Kier molecular flexibility index (Phi) is 7.61. The van der Waals surface area contributed by atoms with Crippen LogP contribution in [0.3, 0.4) is 0 Å². The number of aliphatic hydroxyl groups is 1. The van der Waals surface area contributed by atoms with E-state index in [0.29, 0.717) is 36.8 Å². The van der Waals surface area contributed by atoms with E-state index in [9.17, 15) is 9.90 Å². The Morgan fingerprint density at radius 1 is 1.07 bits per heavy atom. The first-order valence-electron chi connectivity index (χ1n) is 9.56. The number of allylic oxidation sites excluding steroid dienone is 1. The van der Waals surface area contributed by atoms with Crippen molar-refractivity contribution in [1.29, 1.82) is 0 Å². The lowest BCUT2D eigenvalue weighted by molar-refractivity contribution is 0.289. The number of hydrogen-bond donors (Lipinski definition) is 1. The van der Waals surface area contributed by atoms with Gasteiger partial charge in [-0.3, -0.25) is 4.79 Å². The SMILES string of the molecule is O=c1c(N(CCCO)Cc2ccccc2)c(Cl)cnn1CC=Cc1ccccc1. The van der Waals surface area contributed by atoms with Crippen LogP contribution in [-0.2, 0) is 13.1 Å². The van der Waals surface area contributed by atoms with Gasteiger partial charge >= 0.3 is 0 Å². The van der Waals surface area contributed by atoms with Crippen molar-refractivity contribution in [3.63, 3.8) is 0 Å². The zero-order valence-corrected chi connectivity index (χ0v) is 16.9. The van der Waals surface area contributed by atoms with Crippen LogP contribution in [0.5, 0.6) is 0 Å². The minimum absolute atomic E-state index is 0.0436. The predicted molar refractivity (Wildman–Crippen MR) is 118 cm³/mol. The van der Waals surface area contributed by atoms with Crippen LogP contribution in [0.1, 0.15) is 17.5 Å². The van der Waals surface area contributed by atoms with Crippen LogP contribution in [0.4, 0.5) is 5.69 Å². The second-order valence-electron chi connectivity index (χ2n) is 6.63. The van der Waals surface area contributed by atoms with E-state index in [1.165, 1.54) is 10.9 Å². The molecule has 0 aliphatic heterocycles. The molecule has 0 bridgehead atoms. The highest BCUT2D eigenvalue weighted by atomic mass is 35.5. The Bertz CT molecular complexity index is 988. The molecule has 1 aromatic heterocycles. The van der Waals surface area contributed by atoms with Crippen molar-refractivity contribution >= 4 is 23.4 Å². The van der Waals surface area contributed by atoms with Gasteiger partial charge in [0, 0.05) is 19.7 Å². The zero-order chi connectivity index (χ0) is 20.5. The largest absolute Gasteiger partial charge is 0.396 e. The predicted octanol–water partition coefficient (Wildman–Crippen LogP) is 4.00. The average Bonchev–Trinajstić information content (AvgIpc) is 2.75. The van der Waals surface area contributed by atoms with E-state index in [1.54, 1.807) is 0 Å². The monoisotopic (exact) mass is 409 g/mol. The molecule has 0 unspecified atom stereocenters. The number of nitrogens with zero attached hydrogens (tertiary/aromatic N) is 3. The van der Waals surface area contributed by atoms with Crippen molar-refractivity contribution in [2.24, 2.45) is 0 Å². The van der Waals surface area contributed by atoms with E-state index in [0.717, 1.165) is 11.1 Å². The summed E-state index contributed by atoms with van der Waals surface area (Å²) in [4.78, 5) is 15.0. The highest BCUT2D eigenvalue weighted by Gasteiger charge is 2.17. The molecule has 0 radical (unpaired) electrons. The summed E-state index contributed by atoms with van der Waals surface area (Å²) in [5.74, 6) is 0. The summed E-state index contributed by atoms with van der Waals surface area (Å²) in [7, 11) is 0. The molecular formula is C23H24ClN3O2. The number of aliphatic hydroxyl groups excluding tert-OH is 1. The van der Waals surface area contributed by atoms with Gasteiger partial charge in [0.2, 0.25) is 0 Å². The number of benzene rings is 2. The fourth-order valence-corrected chi connectivity index (χ4v) is 3.31. The Morgan fingerprint density at radius 3 is 2.45 bits per heavy atom. The molecule has 5 nitrogen and oxygen atoms in total. The standard InChI is InChI=1S/C23H24ClN3O2/c24-21-17-25-27(15-7-13-19-9-3-1-4-10-19)23(29)22(21)26(14-8-16-28)18-20-11-5-2-6-12-20/h1-7,9-13,17,28H,8,14-16,18H2. The molecule has 150 valence electrons. The molecule has 3 aromatic rings. The summed E-state index contributed by atoms with van der Waals surface area (Å²) in [6.45, 7) is 1.43. The first-order chi connectivity index (χ1) is 14.2. The Balaban J connectivity index is 1.86. The molecule has 0 aliphatic carbocycles. The first-order valence-corrected chi connectivity index (χ1v) is 9.94. The van der Waals surface area contributed by atoms with Crippen LogP contribution < -0.4 is 10.5 Å². The Hall–Kier alpha value is -2.89. The highest BCUT2D eigenvalue weighted by molar-refractivity contribution is 6.33. The second kappa shape index (κ2) is 10.6. The van der Waals surface area contributed by atoms with E-state index in [1.807, 2.05) is 77.7 Å². The Morgan fingerprint density at radius 2 is 1.76 bits per heavy atom. The molecule has 6 heteroatoms. The molecule has 0 spiro atoms. The molecule has 1 heterocycles. The highest BCUT2D eigenvalue weighted by Crippen LogP contribution is 2.22. The lowest BCUT2D eigenvalue weighted by Gasteiger charge is -2.25. The number of aromatic nitrogens is 2. The van der Waals surface area contributed by atoms with E-state index in [2.05, 4.69) is 5.10 Å². The van der Waals surface area contributed by atoms with Gasteiger partial charge in [-0.25, -0.2) is 4.68 Å². The molecule has 0 atom stereocenters. The fourth-order valence-electron chi connectivity index (χ4n) is 3.06. The van der Waals surface area contributed by atoms with Crippen LogP contribution in [-0.4, -0.2) is 28.0 Å². The van der Waals surface area contributed by atoms with Crippen molar-refractivity contribution in [2.45, 2.75) is 19.5 Å². The van der Waals surface area contributed by atoms with Crippen LogP contribution in [0, 0.1) is 0 Å². The van der Waals surface area contributed by atoms with Crippen LogP contribution in [0.2, 0.25) is 5.02 Å². The van der Waals surface area contributed by atoms with Gasteiger partial charge < -0.3 is 10.0 Å². The summed E-state index contributed by atoms with van der Waals surface area (Å²) >= 11 is 6.37. The van der Waals surface area contributed by atoms with E-state index in [-0.39, 0.29) is 12.2 Å². The minimum Gasteiger partial charge on any atom is -0.396 e. The Labute approximate surface area is 175 Å². The molecular weight excluding hydrogens is 386 g/mol. The van der Waals surface area contributed by atoms with Gasteiger partial charge in [-0.15, -0.1) is 0 Å². The maximum atomic E-state index is 13.1.